The highest BCUT2D eigenvalue weighted by atomic mass is 16.7. The number of nitrogens with zero attached hydrogens (tertiary/aromatic N) is 1. The summed E-state index contributed by atoms with van der Waals surface area (Å²) in [6.45, 7) is 1.98. The molecule has 3 rings (SSSR count). The molecule has 0 bridgehead atoms. The largest absolute Gasteiger partial charge is 0.454 e. The summed E-state index contributed by atoms with van der Waals surface area (Å²) in [5.41, 5.74) is 6.70. The molecule has 0 amide bonds. The Hall–Kier alpha value is -1.68. The molecule has 0 radical (unpaired) electrons. The summed E-state index contributed by atoms with van der Waals surface area (Å²) < 4.78 is 12.9. The lowest BCUT2D eigenvalue weighted by molar-refractivity contribution is 0.174. The number of ether oxygens (including phenoxy) is 2. The summed E-state index contributed by atoms with van der Waals surface area (Å²) in [6, 6.07) is 6.15. The first-order chi connectivity index (χ1) is 7.88. The van der Waals surface area contributed by atoms with E-state index in [0.29, 0.717) is 13.3 Å². The fourth-order valence-corrected chi connectivity index (χ4v) is 2.04. The van der Waals surface area contributed by atoms with Crippen LogP contribution in [0.3, 0.4) is 0 Å². The van der Waals surface area contributed by atoms with Crippen LogP contribution < -0.4 is 15.2 Å². The molecule has 0 atom stereocenters. The second-order valence-corrected chi connectivity index (χ2v) is 3.92. The van der Waals surface area contributed by atoms with Gasteiger partial charge < -0.3 is 19.8 Å². The van der Waals surface area contributed by atoms with Gasteiger partial charge in [-0.25, -0.2) is 0 Å². The van der Waals surface area contributed by atoms with Gasteiger partial charge in [-0.1, -0.05) is 0 Å². The Bertz CT molecular complexity index is 519. The third-order valence-electron chi connectivity index (χ3n) is 2.87. The highest BCUT2D eigenvalue weighted by Gasteiger charge is 2.15. The van der Waals surface area contributed by atoms with Crippen molar-refractivity contribution in [2.45, 2.75) is 13.0 Å². The molecule has 4 heteroatoms. The number of fused-ring (bicyclic) bond motifs is 2. The third-order valence-corrected chi connectivity index (χ3v) is 2.87. The van der Waals surface area contributed by atoms with Crippen LogP contribution >= 0.6 is 0 Å². The molecule has 1 aliphatic heterocycles. The van der Waals surface area contributed by atoms with E-state index in [4.69, 9.17) is 15.2 Å². The minimum Gasteiger partial charge on any atom is -0.454 e. The van der Waals surface area contributed by atoms with E-state index in [9.17, 15) is 0 Å². The van der Waals surface area contributed by atoms with Crippen LogP contribution in [0.25, 0.3) is 10.9 Å². The van der Waals surface area contributed by atoms with Gasteiger partial charge in [0, 0.05) is 24.2 Å². The molecule has 0 spiro atoms. The van der Waals surface area contributed by atoms with Gasteiger partial charge in [0.25, 0.3) is 0 Å². The third kappa shape index (κ3) is 1.42. The highest BCUT2D eigenvalue weighted by Crippen LogP contribution is 2.36. The van der Waals surface area contributed by atoms with Crippen molar-refractivity contribution in [1.82, 2.24) is 4.57 Å². The van der Waals surface area contributed by atoms with Gasteiger partial charge in [0.1, 0.15) is 0 Å². The maximum Gasteiger partial charge on any atom is 0.231 e. The van der Waals surface area contributed by atoms with Crippen molar-refractivity contribution in [3.63, 3.8) is 0 Å². The predicted octanol–water partition coefficient (Wildman–Crippen LogP) is 1.72. The molecular formula is C12H14N2O2. The molecule has 0 fully saturated rings. The number of hydrogen-bond acceptors (Lipinski definition) is 3. The normalized spacial score (nSPS) is 13.6. The molecule has 1 aromatic heterocycles. The van der Waals surface area contributed by atoms with E-state index in [-0.39, 0.29) is 0 Å². The van der Waals surface area contributed by atoms with Crippen molar-refractivity contribution < 1.29 is 9.47 Å². The fourth-order valence-electron chi connectivity index (χ4n) is 2.04. The number of benzene rings is 1. The van der Waals surface area contributed by atoms with E-state index >= 15 is 0 Å². The van der Waals surface area contributed by atoms with E-state index < -0.39 is 0 Å². The van der Waals surface area contributed by atoms with Crippen LogP contribution in [0.2, 0.25) is 0 Å². The lowest BCUT2D eigenvalue weighted by Crippen LogP contribution is -2.04. The first kappa shape index (κ1) is 9.54. The Kier molecular flexibility index (Phi) is 2.22. The van der Waals surface area contributed by atoms with Crippen molar-refractivity contribution in [2.24, 2.45) is 5.73 Å². The highest BCUT2D eigenvalue weighted by molar-refractivity contribution is 5.84. The quantitative estimate of drug-likeness (QED) is 0.853. The van der Waals surface area contributed by atoms with Crippen LogP contribution in [0.5, 0.6) is 11.5 Å². The van der Waals surface area contributed by atoms with Gasteiger partial charge in [-0.2, -0.15) is 0 Å². The molecule has 2 aromatic rings. The summed E-state index contributed by atoms with van der Waals surface area (Å²) >= 11 is 0. The number of aromatic nitrogens is 1. The van der Waals surface area contributed by atoms with Crippen LogP contribution in [0.1, 0.15) is 6.42 Å². The van der Waals surface area contributed by atoms with Gasteiger partial charge in [-0.15, -0.1) is 0 Å². The molecule has 0 saturated heterocycles. The van der Waals surface area contributed by atoms with Gasteiger partial charge in [0.2, 0.25) is 6.79 Å². The van der Waals surface area contributed by atoms with Gasteiger partial charge in [-0.3, -0.25) is 0 Å². The Balaban J connectivity index is 2.05. The van der Waals surface area contributed by atoms with Crippen LogP contribution in [-0.2, 0) is 6.54 Å². The van der Waals surface area contributed by atoms with E-state index in [1.54, 1.807) is 0 Å². The smallest absolute Gasteiger partial charge is 0.231 e. The topological polar surface area (TPSA) is 49.4 Å². The molecule has 0 aliphatic carbocycles. The SMILES string of the molecule is NCCCn1ccc2cc3c(cc21)OCO3. The molecule has 84 valence electrons. The van der Waals surface area contributed by atoms with Crippen LogP contribution in [0.15, 0.2) is 24.4 Å². The summed E-state index contributed by atoms with van der Waals surface area (Å²) in [4.78, 5) is 0. The molecule has 2 N–H and O–H groups in total. The van der Waals surface area contributed by atoms with Gasteiger partial charge in [0.15, 0.2) is 11.5 Å². The summed E-state index contributed by atoms with van der Waals surface area (Å²) in [6.07, 6.45) is 3.06. The minimum atomic E-state index is 0.324. The molecule has 1 aromatic carbocycles. The lowest BCUT2D eigenvalue weighted by atomic mass is 10.2. The fraction of sp³-hybridized carbons (Fsp3) is 0.333. The second kappa shape index (κ2) is 3.72. The molecule has 4 nitrogen and oxygen atoms in total. The first-order valence-corrected chi connectivity index (χ1v) is 5.47. The summed E-state index contributed by atoms with van der Waals surface area (Å²) in [5.74, 6) is 1.67. The Labute approximate surface area is 93.6 Å². The van der Waals surface area contributed by atoms with E-state index in [1.165, 1.54) is 10.9 Å². The van der Waals surface area contributed by atoms with Crippen LogP contribution in [0, 0.1) is 0 Å². The summed E-state index contributed by atoms with van der Waals surface area (Å²) in [7, 11) is 0. The van der Waals surface area contributed by atoms with E-state index in [1.807, 2.05) is 12.1 Å². The lowest BCUT2D eigenvalue weighted by Gasteiger charge is -2.04. The molecule has 0 saturated carbocycles. The molecule has 16 heavy (non-hydrogen) atoms. The zero-order valence-corrected chi connectivity index (χ0v) is 8.98. The number of rotatable bonds is 3. The second-order valence-electron chi connectivity index (χ2n) is 3.92. The van der Waals surface area contributed by atoms with E-state index in [0.717, 1.165) is 24.5 Å². The van der Waals surface area contributed by atoms with Crippen LogP contribution in [-0.4, -0.2) is 17.9 Å². The van der Waals surface area contributed by atoms with Gasteiger partial charge in [0.05, 0.1) is 5.52 Å². The van der Waals surface area contributed by atoms with Crippen molar-refractivity contribution >= 4 is 10.9 Å². The van der Waals surface area contributed by atoms with E-state index in [2.05, 4.69) is 16.8 Å². The Morgan fingerprint density at radius 2 is 2.06 bits per heavy atom. The minimum absolute atomic E-state index is 0.324. The molecule has 2 heterocycles. The maximum atomic E-state index is 5.52. The molecular weight excluding hydrogens is 204 g/mol. The first-order valence-electron chi connectivity index (χ1n) is 5.47. The Morgan fingerprint density at radius 3 is 2.88 bits per heavy atom. The zero-order chi connectivity index (χ0) is 11.0. The zero-order valence-electron chi connectivity index (χ0n) is 8.98. The van der Waals surface area contributed by atoms with Crippen molar-refractivity contribution in [2.75, 3.05) is 13.3 Å². The van der Waals surface area contributed by atoms with Crippen molar-refractivity contribution in [3.8, 4) is 11.5 Å². The number of hydrogen-bond donors (Lipinski definition) is 1. The average Bonchev–Trinajstić information content (AvgIpc) is 2.89. The van der Waals surface area contributed by atoms with Gasteiger partial charge in [-0.05, 0) is 25.1 Å². The summed E-state index contributed by atoms with van der Waals surface area (Å²) in [5, 5.41) is 1.18. The molecule has 0 unspecified atom stereocenters. The van der Waals surface area contributed by atoms with Crippen molar-refractivity contribution in [1.29, 1.82) is 0 Å². The average molecular weight is 218 g/mol. The standard InChI is InChI=1S/C12H14N2O2/c13-3-1-4-14-5-2-9-6-11-12(7-10(9)14)16-8-15-11/h2,5-7H,1,3-4,8,13H2. The Morgan fingerprint density at radius 1 is 1.25 bits per heavy atom. The van der Waals surface area contributed by atoms with Crippen molar-refractivity contribution in [3.05, 3.63) is 24.4 Å². The van der Waals surface area contributed by atoms with Gasteiger partial charge >= 0.3 is 0 Å². The monoisotopic (exact) mass is 218 g/mol. The number of nitrogens with two attached hydrogens (primary N) is 1. The maximum absolute atomic E-state index is 5.52. The predicted molar refractivity (Wildman–Crippen MR) is 61.7 cm³/mol. The van der Waals surface area contributed by atoms with Crippen LogP contribution in [0.4, 0.5) is 0 Å². The number of aryl methyl sites for hydroxylation is 1. The molecule has 1 aliphatic rings.